The fourth-order valence-corrected chi connectivity index (χ4v) is 3.82. The van der Waals surface area contributed by atoms with Crippen molar-refractivity contribution in [3.63, 3.8) is 0 Å². The standard InChI is InChI=1S/C21H30N2O4/c1-4-26-19-14-15(2)17(13-16(19)3)20(24)22-8-6-9-23(11-10-22)21(25)18-7-5-12-27-18/h13-14,18H,4-12H2,1-3H3. The lowest BCUT2D eigenvalue weighted by molar-refractivity contribution is -0.140. The van der Waals surface area contributed by atoms with E-state index in [1.807, 2.05) is 42.7 Å². The van der Waals surface area contributed by atoms with Crippen LogP contribution in [0, 0.1) is 13.8 Å². The molecular formula is C21H30N2O4. The van der Waals surface area contributed by atoms with Gasteiger partial charge < -0.3 is 19.3 Å². The summed E-state index contributed by atoms with van der Waals surface area (Å²) in [5, 5.41) is 0. The van der Waals surface area contributed by atoms with Gasteiger partial charge in [-0.3, -0.25) is 9.59 Å². The van der Waals surface area contributed by atoms with Crippen LogP contribution >= 0.6 is 0 Å². The first kappa shape index (κ1) is 19.7. The molecule has 1 unspecified atom stereocenters. The summed E-state index contributed by atoms with van der Waals surface area (Å²) in [6.07, 6.45) is 2.26. The van der Waals surface area contributed by atoms with Crippen LogP contribution in [0.25, 0.3) is 0 Å². The van der Waals surface area contributed by atoms with Crippen molar-refractivity contribution in [1.82, 2.24) is 9.80 Å². The monoisotopic (exact) mass is 374 g/mol. The van der Waals surface area contributed by atoms with Gasteiger partial charge in [0.2, 0.25) is 0 Å². The van der Waals surface area contributed by atoms with Crippen molar-refractivity contribution >= 4 is 11.8 Å². The molecule has 3 rings (SSSR count). The van der Waals surface area contributed by atoms with Crippen LogP contribution in [0.3, 0.4) is 0 Å². The Balaban J connectivity index is 1.67. The number of carbonyl (C=O) groups excluding carboxylic acids is 2. The minimum atomic E-state index is -0.289. The van der Waals surface area contributed by atoms with Gasteiger partial charge in [-0.25, -0.2) is 0 Å². The molecule has 1 atom stereocenters. The predicted octanol–water partition coefficient (Wildman–Crippen LogP) is 2.56. The Morgan fingerprint density at radius 2 is 1.81 bits per heavy atom. The first-order valence-electron chi connectivity index (χ1n) is 9.95. The van der Waals surface area contributed by atoms with Gasteiger partial charge in [0.1, 0.15) is 11.9 Å². The van der Waals surface area contributed by atoms with Crippen LogP contribution < -0.4 is 4.74 Å². The van der Waals surface area contributed by atoms with E-state index in [9.17, 15) is 9.59 Å². The molecule has 0 radical (unpaired) electrons. The normalized spacial score (nSPS) is 20.5. The minimum absolute atomic E-state index is 0.0325. The highest BCUT2D eigenvalue weighted by molar-refractivity contribution is 5.96. The summed E-state index contributed by atoms with van der Waals surface area (Å²) < 4.78 is 11.2. The predicted molar refractivity (Wildman–Crippen MR) is 103 cm³/mol. The summed E-state index contributed by atoms with van der Waals surface area (Å²) in [4.78, 5) is 29.4. The topological polar surface area (TPSA) is 59.1 Å². The Bertz CT molecular complexity index is 698. The molecule has 2 saturated heterocycles. The van der Waals surface area contributed by atoms with Gasteiger partial charge in [-0.2, -0.15) is 0 Å². The molecule has 2 amide bonds. The third-order valence-electron chi connectivity index (χ3n) is 5.35. The number of aryl methyl sites for hydroxylation is 2. The quantitative estimate of drug-likeness (QED) is 0.813. The smallest absolute Gasteiger partial charge is 0.254 e. The summed E-state index contributed by atoms with van der Waals surface area (Å²) >= 11 is 0. The molecule has 6 heteroatoms. The van der Waals surface area contributed by atoms with Crippen LogP contribution in [-0.2, 0) is 9.53 Å². The Morgan fingerprint density at radius 3 is 2.52 bits per heavy atom. The minimum Gasteiger partial charge on any atom is -0.494 e. The average Bonchev–Trinajstić information content (AvgIpc) is 3.08. The van der Waals surface area contributed by atoms with E-state index in [1.54, 1.807) is 0 Å². The zero-order valence-corrected chi connectivity index (χ0v) is 16.6. The van der Waals surface area contributed by atoms with Crippen molar-refractivity contribution in [3.05, 3.63) is 28.8 Å². The van der Waals surface area contributed by atoms with Crippen molar-refractivity contribution in [2.24, 2.45) is 0 Å². The fraction of sp³-hybridized carbons (Fsp3) is 0.619. The van der Waals surface area contributed by atoms with Gasteiger partial charge >= 0.3 is 0 Å². The second-order valence-electron chi connectivity index (χ2n) is 7.34. The molecule has 2 fully saturated rings. The van der Waals surface area contributed by atoms with Crippen LogP contribution in [0.5, 0.6) is 5.75 Å². The van der Waals surface area contributed by atoms with E-state index in [0.29, 0.717) is 39.4 Å². The summed E-state index contributed by atoms with van der Waals surface area (Å²) in [6.45, 7) is 9.62. The fourth-order valence-electron chi connectivity index (χ4n) is 3.82. The van der Waals surface area contributed by atoms with Crippen LogP contribution in [0.2, 0.25) is 0 Å². The molecule has 0 N–H and O–H groups in total. The van der Waals surface area contributed by atoms with Crippen LogP contribution in [0.1, 0.15) is 47.7 Å². The number of rotatable bonds is 4. The van der Waals surface area contributed by atoms with Gasteiger partial charge in [0.15, 0.2) is 0 Å². The summed E-state index contributed by atoms with van der Waals surface area (Å²) in [5.74, 6) is 0.940. The van der Waals surface area contributed by atoms with E-state index >= 15 is 0 Å². The highest BCUT2D eigenvalue weighted by atomic mass is 16.5. The lowest BCUT2D eigenvalue weighted by Crippen LogP contribution is -2.41. The molecule has 2 aliphatic rings. The van der Waals surface area contributed by atoms with Crippen molar-refractivity contribution in [3.8, 4) is 5.75 Å². The third kappa shape index (κ3) is 4.43. The maximum Gasteiger partial charge on any atom is 0.254 e. The van der Waals surface area contributed by atoms with Gasteiger partial charge in [-0.15, -0.1) is 0 Å². The number of ether oxygens (including phenoxy) is 2. The Hall–Kier alpha value is -2.08. The Morgan fingerprint density at radius 1 is 1.07 bits per heavy atom. The molecule has 0 saturated carbocycles. The number of amides is 2. The van der Waals surface area contributed by atoms with Gasteiger partial charge in [0.05, 0.1) is 6.61 Å². The zero-order valence-electron chi connectivity index (χ0n) is 16.6. The molecule has 2 aliphatic heterocycles. The van der Waals surface area contributed by atoms with Gasteiger partial charge in [0.25, 0.3) is 11.8 Å². The van der Waals surface area contributed by atoms with Crippen molar-refractivity contribution in [2.45, 2.75) is 46.1 Å². The lowest BCUT2D eigenvalue weighted by atomic mass is 10.0. The second-order valence-corrected chi connectivity index (χ2v) is 7.34. The molecule has 1 aromatic carbocycles. The summed E-state index contributed by atoms with van der Waals surface area (Å²) in [5.41, 5.74) is 2.61. The maximum atomic E-state index is 13.1. The van der Waals surface area contributed by atoms with Crippen LogP contribution in [-0.4, -0.2) is 67.1 Å². The molecule has 0 aromatic heterocycles. The molecule has 148 valence electrons. The molecule has 0 aliphatic carbocycles. The summed E-state index contributed by atoms with van der Waals surface area (Å²) in [7, 11) is 0. The van der Waals surface area contributed by atoms with Gasteiger partial charge in [-0.1, -0.05) is 0 Å². The molecule has 0 bridgehead atoms. The number of nitrogens with zero attached hydrogens (tertiary/aromatic N) is 2. The lowest BCUT2D eigenvalue weighted by Gasteiger charge is -2.24. The number of hydrogen-bond acceptors (Lipinski definition) is 4. The zero-order chi connectivity index (χ0) is 19.4. The van der Waals surface area contributed by atoms with Gasteiger partial charge in [-0.05, 0) is 63.3 Å². The summed E-state index contributed by atoms with van der Waals surface area (Å²) in [6, 6.07) is 3.86. The molecular weight excluding hydrogens is 344 g/mol. The first-order chi connectivity index (χ1) is 13.0. The maximum absolute atomic E-state index is 13.1. The van der Waals surface area contributed by atoms with E-state index in [0.717, 1.165) is 41.7 Å². The number of benzene rings is 1. The molecule has 2 heterocycles. The highest BCUT2D eigenvalue weighted by Crippen LogP contribution is 2.24. The largest absolute Gasteiger partial charge is 0.494 e. The molecule has 0 spiro atoms. The SMILES string of the molecule is CCOc1cc(C)c(C(=O)N2CCCN(C(=O)C3CCCO3)CC2)cc1C. The van der Waals surface area contributed by atoms with Crippen LogP contribution in [0.15, 0.2) is 12.1 Å². The number of hydrogen-bond donors (Lipinski definition) is 0. The van der Waals surface area contributed by atoms with E-state index < -0.39 is 0 Å². The first-order valence-corrected chi connectivity index (χ1v) is 9.95. The third-order valence-corrected chi connectivity index (χ3v) is 5.35. The highest BCUT2D eigenvalue weighted by Gasteiger charge is 2.30. The molecule has 6 nitrogen and oxygen atoms in total. The molecule has 1 aromatic rings. The Kier molecular flexibility index (Phi) is 6.37. The number of carbonyl (C=O) groups is 2. The average molecular weight is 374 g/mol. The Labute approximate surface area is 161 Å². The van der Waals surface area contributed by atoms with E-state index in [4.69, 9.17) is 9.47 Å². The van der Waals surface area contributed by atoms with E-state index in [2.05, 4.69) is 0 Å². The van der Waals surface area contributed by atoms with Crippen molar-refractivity contribution in [2.75, 3.05) is 39.4 Å². The second kappa shape index (κ2) is 8.74. The van der Waals surface area contributed by atoms with Gasteiger partial charge in [0, 0.05) is 38.3 Å². The van der Waals surface area contributed by atoms with E-state index in [1.165, 1.54) is 0 Å². The van der Waals surface area contributed by atoms with E-state index in [-0.39, 0.29) is 17.9 Å². The molecule has 27 heavy (non-hydrogen) atoms. The van der Waals surface area contributed by atoms with Crippen molar-refractivity contribution in [1.29, 1.82) is 0 Å². The van der Waals surface area contributed by atoms with Crippen molar-refractivity contribution < 1.29 is 19.1 Å². The van der Waals surface area contributed by atoms with Crippen LogP contribution in [0.4, 0.5) is 0 Å².